The van der Waals surface area contributed by atoms with Crippen LogP contribution in [0.5, 0.6) is 0 Å². The molecule has 1 aromatic heterocycles. The highest BCUT2D eigenvalue weighted by Gasteiger charge is 2.34. The average Bonchev–Trinajstić information content (AvgIpc) is 2.87. The van der Waals surface area contributed by atoms with Crippen LogP contribution in [0.25, 0.3) is 0 Å². The summed E-state index contributed by atoms with van der Waals surface area (Å²) in [5.41, 5.74) is 1.62. The predicted molar refractivity (Wildman–Crippen MR) is 129 cm³/mol. The van der Waals surface area contributed by atoms with Crippen molar-refractivity contribution in [2.24, 2.45) is 0 Å². The number of nitrogens with zero attached hydrogens (tertiary/aromatic N) is 3. The monoisotopic (exact) mass is 505 g/mol. The number of nitrogens with one attached hydrogen (secondary N) is 2. The number of pyridine rings is 1. The van der Waals surface area contributed by atoms with Crippen LogP contribution >= 0.6 is 0 Å². The van der Waals surface area contributed by atoms with Gasteiger partial charge in [-0.1, -0.05) is 24.8 Å². The first-order valence-electron chi connectivity index (χ1n) is 11.5. The first-order chi connectivity index (χ1) is 17.2. The molecule has 0 spiro atoms. The molecule has 36 heavy (non-hydrogen) atoms. The van der Waals surface area contributed by atoms with Crippen molar-refractivity contribution >= 4 is 17.7 Å². The summed E-state index contributed by atoms with van der Waals surface area (Å²) >= 11 is 0. The molecule has 11 heteroatoms. The molecule has 0 bridgehead atoms. The number of rotatable bonds is 10. The van der Waals surface area contributed by atoms with E-state index < -0.39 is 17.8 Å². The predicted octanol–water partition coefficient (Wildman–Crippen LogP) is 3.44. The molecule has 0 atom stereocenters. The van der Waals surface area contributed by atoms with E-state index in [2.05, 4.69) is 22.2 Å². The van der Waals surface area contributed by atoms with E-state index in [0.717, 1.165) is 22.9 Å². The third kappa shape index (κ3) is 6.97. The van der Waals surface area contributed by atoms with Crippen molar-refractivity contribution in [3.8, 4) is 0 Å². The minimum Gasteiger partial charge on any atom is -0.445 e. The number of carbonyl (C=O) groups excluding carboxylic acids is 2. The number of aromatic nitrogens is 1. The summed E-state index contributed by atoms with van der Waals surface area (Å²) in [6, 6.07) is 7.78. The van der Waals surface area contributed by atoms with Gasteiger partial charge in [0, 0.05) is 38.1 Å². The highest BCUT2D eigenvalue weighted by atomic mass is 19.4. The zero-order chi connectivity index (χ0) is 26.1. The number of anilines is 1. The largest absolute Gasteiger partial charge is 0.445 e. The molecule has 1 aliphatic heterocycles. The van der Waals surface area contributed by atoms with Crippen LogP contribution in [0.1, 0.15) is 22.4 Å². The summed E-state index contributed by atoms with van der Waals surface area (Å²) in [6.45, 7) is 4.79. The molecule has 2 aromatic rings. The Kier molecular flexibility index (Phi) is 9.29. The van der Waals surface area contributed by atoms with Crippen molar-refractivity contribution in [2.75, 3.05) is 45.2 Å². The van der Waals surface area contributed by atoms with E-state index >= 15 is 0 Å². The molecule has 0 fully saturated rings. The van der Waals surface area contributed by atoms with Crippen LogP contribution in [0, 0.1) is 0 Å². The van der Waals surface area contributed by atoms with E-state index in [0.29, 0.717) is 26.1 Å². The van der Waals surface area contributed by atoms with Gasteiger partial charge in [-0.3, -0.25) is 9.78 Å². The number of halogens is 3. The van der Waals surface area contributed by atoms with Gasteiger partial charge in [-0.05, 0) is 42.8 Å². The maximum Gasteiger partial charge on any atom is 0.418 e. The molecule has 2 N–H and O–H groups in total. The molecule has 1 aromatic carbocycles. The molecule has 2 amide bonds. The SMILES string of the molecule is C=CCOC(=O)N1CCc2c(cccc2NCC(=O)N(CCNC)Cc2ncccc2C(F)(F)F)C1. The second-order valence-corrected chi connectivity index (χ2v) is 8.25. The van der Waals surface area contributed by atoms with Gasteiger partial charge in [0.1, 0.15) is 6.61 Å². The lowest BCUT2D eigenvalue weighted by Gasteiger charge is -2.30. The zero-order valence-electron chi connectivity index (χ0n) is 20.1. The Morgan fingerprint density at radius 1 is 1.28 bits per heavy atom. The molecular formula is C25H30F3N5O3. The third-order valence-corrected chi connectivity index (χ3v) is 5.80. The zero-order valence-corrected chi connectivity index (χ0v) is 20.1. The Hall–Kier alpha value is -3.60. The first-order valence-corrected chi connectivity index (χ1v) is 11.5. The lowest BCUT2D eigenvalue weighted by Crippen LogP contribution is -2.40. The number of hydrogen-bond acceptors (Lipinski definition) is 6. The van der Waals surface area contributed by atoms with Gasteiger partial charge in [-0.25, -0.2) is 4.79 Å². The molecule has 1 aliphatic rings. The molecule has 0 radical (unpaired) electrons. The van der Waals surface area contributed by atoms with Crippen LogP contribution < -0.4 is 10.6 Å². The molecule has 0 saturated carbocycles. The molecule has 0 unspecified atom stereocenters. The average molecular weight is 506 g/mol. The number of alkyl halides is 3. The fourth-order valence-electron chi connectivity index (χ4n) is 3.98. The fourth-order valence-corrected chi connectivity index (χ4v) is 3.98. The Morgan fingerprint density at radius 3 is 2.81 bits per heavy atom. The van der Waals surface area contributed by atoms with E-state index in [1.165, 1.54) is 23.2 Å². The Morgan fingerprint density at radius 2 is 2.08 bits per heavy atom. The van der Waals surface area contributed by atoms with Crippen LogP contribution in [-0.2, 0) is 35.2 Å². The number of carbonyl (C=O) groups is 2. The normalized spacial score (nSPS) is 13.1. The van der Waals surface area contributed by atoms with Crippen molar-refractivity contribution in [2.45, 2.75) is 25.7 Å². The van der Waals surface area contributed by atoms with Crippen molar-refractivity contribution < 1.29 is 27.5 Å². The summed E-state index contributed by atoms with van der Waals surface area (Å²) < 4.78 is 45.4. The van der Waals surface area contributed by atoms with Gasteiger partial charge in [0.25, 0.3) is 0 Å². The standard InChI is InChI=1S/C25H30F3N5O3/c1-3-14-36-24(35)33-12-9-19-18(16-33)6-4-8-21(19)31-15-23(34)32(13-11-29-2)17-22-20(25(26,27)28)7-5-10-30-22/h3-8,10,29,31H,1,9,11-17H2,2H3. The summed E-state index contributed by atoms with van der Waals surface area (Å²) in [5, 5.41) is 6.06. The topological polar surface area (TPSA) is 86.8 Å². The lowest BCUT2D eigenvalue weighted by molar-refractivity contribution is -0.140. The minimum atomic E-state index is -4.56. The lowest BCUT2D eigenvalue weighted by atomic mass is 9.98. The number of benzene rings is 1. The highest BCUT2D eigenvalue weighted by Crippen LogP contribution is 2.31. The summed E-state index contributed by atoms with van der Waals surface area (Å²) in [6.07, 6.45) is -1.61. The summed E-state index contributed by atoms with van der Waals surface area (Å²) in [4.78, 5) is 32.1. The first kappa shape index (κ1) is 27.0. The Labute approximate surface area is 208 Å². The van der Waals surface area contributed by atoms with Crippen molar-refractivity contribution in [3.05, 3.63) is 71.6 Å². The number of fused-ring (bicyclic) bond motifs is 1. The molecule has 0 aliphatic carbocycles. The van der Waals surface area contributed by atoms with Gasteiger partial charge in [0.2, 0.25) is 5.91 Å². The van der Waals surface area contributed by atoms with E-state index in [1.54, 1.807) is 11.9 Å². The summed E-state index contributed by atoms with van der Waals surface area (Å²) in [7, 11) is 1.70. The minimum absolute atomic E-state index is 0.0978. The third-order valence-electron chi connectivity index (χ3n) is 5.80. The summed E-state index contributed by atoms with van der Waals surface area (Å²) in [5.74, 6) is -0.355. The van der Waals surface area contributed by atoms with E-state index in [9.17, 15) is 22.8 Å². The van der Waals surface area contributed by atoms with Gasteiger partial charge < -0.3 is 25.2 Å². The fraction of sp³-hybridized carbons (Fsp3) is 0.400. The van der Waals surface area contributed by atoms with Crippen LogP contribution in [0.3, 0.4) is 0 Å². The van der Waals surface area contributed by atoms with Gasteiger partial charge >= 0.3 is 12.3 Å². The van der Waals surface area contributed by atoms with Gasteiger partial charge in [-0.2, -0.15) is 13.2 Å². The van der Waals surface area contributed by atoms with Crippen LogP contribution in [0.2, 0.25) is 0 Å². The van der Waals surface area contributed by atoms with Gasteiger partial charge in [0.05, 0.1) is 24.3 Å². The van der Waals surface area contributed by atoms with E-state index in [-0.39, 0.29) is 37.8 Å². The molecular weight excluding hydrogens is 475 g/mol. The number of likely N-dealkylation sites (N-methyl/N-ethyl adjacent to an activating group) is 1. The Bertz CT molecular complexity index is 1080. The smallest absolute Gasteiger partial charge is 0.418 e. The van der Waals surface area contributed by atoms with Crippen LogP contribution in [0.15, 0.2) is 49.2 Å². The highest BCUT2D eigenvalue weighted by molar-refractivity contribution is 5.81. The molecule has 194 valence electrons. The molecule has 8 nitrogen and oxygen atoms in total. The van der Waals surface area contributed by atoms with E-state index in [1.807, 2.05) is 18.2 Å². The van der Waals surface area contributed by atoms with E-state index in [4.69, 9.17) is 4.74 Å². The van der Waals surface area contributed by atoms with Crippen molar-refractivity contribution in [3.63, 3.8) is 0 Å². The quantitative estimate of drug-likeness (QED) is 0.481. The van der Waals surface area contributed by atoms with Crippen LogP contribution in [0.4, 0.5) is 23.7 Å². The second kappa shape index (κ2) is 12.4. The second-order valence-electron chi connectivity index (χ2n) is 8.25. The van der Waals surface area contributed by atoms with Crippen molar-refractivity contribution in [1.82, 2.24) is 20.1 Å². The van der Waals surface area contributed by atoms with Gasteiger partial charge in [0.15, 0.2) is 0 Å². The number of ether oxygens (including phenoxy) is 1. The van der Waals surface area contributed by atoms with Crippen LogP contribution in [-0.4, -0.2) is 66.6 Å². The molecule has 0 saturated heterocycles. The molecule has 3 rings (SSSR count). The molecule has 2 heterocycles. The van der Waals surface area contributed by atoms with Gasteiger partial charge in [-0.15, -0.1) is 0 Å². The number of hydrogen-bond donors (Lipinski definition) is 2. The maximum atomic E-state index is 13.4. The Balaban J connectivity index is 1.69. The van der Waals surface area contributed by atoms with Crippen molar-refractivity contribution in [1.29, 1.82) is 0 Å². The number of amides is 2. The maximum absolute atomic E-state index is 13.4.